The highest BCUT2D eigenvalue weighted by molar-refractivity contribution is 6.01. The topological polar surface area (TPSA) is 55.1 Å². The van der Waals surface area contributed by atoms with Crippen LogP contribution in [0.1, 0.15) is 35.9 Å². The molecule has 7 heteroatoms. The standard InChI is InChI=1S/C13H11F3N2O2/c1-12(5-6-12)18-9-7(10(19)20)3-2-4-8(9)17-11(18)13(14,15)16/h2-4H,5-6H2,1H3,(H,19,20). The van der Waals surface area contributed by atoms with Gasteiger partial charge in [0.15, 0.2) is 0 Å². The summed E-state index contributed by atoms with van der Waals surface area (Å²) in [6.45, 7) is 1.68. The Morgan fingerprint density at radius 2 is 2.05 bits per heavy atom. The fourth-order valence-electron chi connectivity index (χ4n) is 2.42. The maximum atomic E-state index is 13.1. The van der Waals surface area contributed by atoms with Crippen LogP contribution in [0, 0.1) is 0 Å². The van der Waals surface area contributed by atoms with Crippen molar-refractivity contribution in [1.82, 2.24) is 9.55 Å². The summed E-state index contributed by atoms with van der Waals surface area (Å²) in [5, 5.41) is 9.18. The summed E-state index contributed by atoms with van der Waals surface area (Å²) in [4.78, 5) is 14.9. The van der Waals surface area contributed by atoms with Crippen LogP contribution in [-0.2, 0) is 11.7 Å². The molecule has 0 spiro atoms. The predicted molar refractivity (Wildman–Crippen MR) is 64.6 cm³/mol. The predicted octanol–water partition coefficient (Wildman–Crippen LogP) is 3.26. The maximum Gasteiger partial charge on any atom is 0.449 e. The van der Waals surface area contributed by atoms with E-state index in [1.54, 1.807) is 6.92 Å². The lowest BCUT2D eigenvalue weighted by molar-refractivity contribution is -0.147. The van der Waals surface area contributed by atoms with Crippen LogP contribution in [0.4, 0.5) is 13.2 Å². The van der Waals surface area contributed by atoms with E-state index in [1.165, 1.54) is 18.2 Å². The summed E-state index contributed by atoms with van der Waals surface area (Å²) < 4.78 is 40.5. The second-order valence-corrected chi connectivity index (χ2v) is 5.24. The Hall–Kier alpha value is -2.05. The fraction of sp³-hybridized carbons (Fsp3) is 0.385. The van der Waals surface area contributed by atoms with Crippen LogP contribution < -0.4 is 0 Å². The van der Waals surface area contributed by atoms with Gasteiger partial charge in [0.1, 0.15) is 0 Å². The van der Waals surface area contributed by atoms with Gasteiger partial charge in [-0.05, 0) is 31.9 Å². The van der Waals surface area contributed by atoms with Crippen molar-refractivity contribution in [2.24, 2.45) is 0 Å². The van der Waals surface area contributed by atoms with Gasteiger partial charge in [-0.25, -0.2) is 9.78 Å². The first kappa shape index (κ1) is 13.0. The van der Waals surface area contributed by atoms with Crippen LogP contribution in [0.5, 0.6) is 0 Å². The van der Waals surface area contributed by atoms with Crippen molar-refractivity contribution in [3.8, 4) is 0 Å². The molecule has 0 atom stereocenters. The number of rotatable bonds is 2. The molecule has 1 saturated carbocycles. The molecule has 0 radical (unpaired) electrons. The van der Waals surface area contributed by atoms with E-state index in [0.29, 0.717) is 12.8 Å². The van der Waals surface area contributed by atoms with Crippen molar-refractivity contribution in [3.05, 3.63) is 29.6 Å². The van der Waals surface area contributed by atoms with E-state index in [2.05, 4.69) is 4.98 Å². The second-order valence-electron chi connectivity index (χ2n) is 5.24. The number of alkyl halides is 3. The van der Waals surface area contributed by atoms with Gasteiger partial charge in [-0.2, -0.15) is 13.2 Å². The summed E-state index contributed by atoms with van der Waals surface area (Å²) >= 11 is 0. The summed E-state index contributed by atoms with van der Waals surface area (Å²) in [7, 11) is 0. The van der Waals surface area contributed by atoms with E-state index >= 15 is 0 Å². The average molecular weight is 284 g/mol. The molecular weight excluding hydrogens is 273 g/mol. The van der Waals surface area contributed by atoms with E-state index in [4.69, 9.17) is 0 Å². The number of hydrogen-bond acceptors (Lipinski definition) is 2. The first-order valence-corrected chi connectivity index (χ1v) is 6.06. The SMILES string of the molecule is CC1(n2c(C(F)(F)F)nc3cccc(C(=O)O)c32)CC1. The number of para-hydroxylation sites is 1. The number of hydrogen-bond donors (Lipinski definition) is 1. The molecule has 106 valence electrons. The van der Waals surface area contributed by atoms with E-state index in [0.717, 1.165) is 4.57 Å². The number of imidazole rings is 1. The Labute approximate surface area is 111 Å². The molecule has 2 aromatic rings. The highest BCUT2D eigenvalue weighted by Gasteiger charge is 2.48. The first-order chi connectivity index (χ1) is 9.24. The van der Waals surface area contributed by atoms with Crippen LogP contribution in [0.2, 0.25) is 0 Å². The molecule has 0 amide bonds. The minimum Gasteiger partial charge on any atom is -0.478 e. The molecule has 20 heavy (non-hydrogen) atoms. The first-order valence-electron chi connectivity index (χ1n) is 6.06. The van der Waals surface area contributed by atoms with Gasteiger partial charge in [-0.15, -0.1) is 0 Å². The Balaban J connectivity index is 2.43. The molecule has 1 N–H and O–H groups in total. The number of carbonyl (C=O) groups is 1. The van der Waals surface area contributed by atoms with Gasteiger partial charge in [0, 0.05) is 5.54 Å². The average Bonchev–Trinajstić information content (AvgIpc) is 2.94. The summed E-state index contributed by atoms with van der Waals surface area (Å²) in [5.74, 6) is -2.28. The number of aromatic nitrogens is 2. The molecule has 1 aromatic heterocycles. The molecule has 1 aromatic carbocycles. The Kier molecular flexibility index (Phi) is 2.42. The third kappa shape index (κ3) is 1.76. The summed E-state index contributed by atoms with van der Waals surface area (Å²) in [5.41, 5.74) is -0.748. The van der Waals surface area contributed by atoms with Gasteiger partial charge < -0.3 is 9.67 Å². The molecule has 3 rings (SSSR count). The number of benzene rings is 1. The van der Waals surface area contributed by atoms with Crippen molar-refractivity contribution >= 4 is 17.0 Å². The Bertz CT molecular complexity index is 714. The van der Waals surface area contributed by atoms with Gasteiger partial charge in [-0.1, -0.05) is 6.07 Å². The quantitative estimate of drug-likeness (QED) is 0.920. The molecular formula is C13H11F3N2O2. The van der Waals surface area contributed by atoms with Crippen molar-refractivity contribution in [3.63, 3.8) is 0 Å². The number of fused-ring (bicyclic) bond motifs is 1. The molecule has 1 aliphatic carbocycles. The van der Waals surface area contributed by atoms with Crippen LogP contribution in [0.25, 0.3) is 11.0 Å². The Morgan fingerprint density at radius 3 is 2.55 bits per heavy atom. The van der Waals surface area contributed by atoms with Crippen LogP contribution in [0.3, 0.4) is 0 Å². The van der Waals surface area contributed by atoms with E-state index in [9.17, 15) is 23.1 Å². The fourth-order valence-corrected chi connectivity index (χ4v) is 2.42. The van der Waals surface area contributed by atoms with E-state index in [1.807, 2.05) is 0 Å². The highest BCUT2D eigenvalue weighted by atomic mass is 19.4. The van der Waals surface area contributed by atoms with Crippen molar-refractivity contribution < 1.29 is 23.1 Å². The maximum absolute atomic E-state index is 13.1. The molecule has 1 aliphatic rings. The number of nitrogens with zero attached hydrogens (tertiary/aromatic N) is 2. The third-order valence-electron chi connectivity index (χ3n) is 3.67. The monoisotopic (exact) mass is 284 g/mol. The number of carboxylic acids is 1. The third-order valence-corrected chi connectivity index (χ3v) is 3.67. The molecule has 1 heterocycles. The van der Waals surface area contributed by atoms with E-state index < -0.39 is 23.5 Å². The number of aromatic carboxylic acids is 1. The largest absolute Gasteiger partial charge is 0.478 e. The van der Waals surface area contributed by atoms with Gasteiger partial charge in [0.2, 0.25) is 5.82 Å². The lowest BCUT2D eigenvalue weighted by Gasteiger charge is -2.18. The molecule has 4 nitrogen and oxygen atoms in total. The summed E-state index contributed by atoms with van der Waals surface area (Å²) in [6, 6.07) is 4.10. The highest BCUT2D eigenvalue weighted by Crippen LogP contribution is 2.48. The smallest absolute Gasteiger partial charge is 0.449 e. The van der Waals surface area contributed by atoms with E-state index in [-0.39, 0.29) is 16.6 Å². The lowest BCUT2D eigenvalue weighted by Crippen LogP contribution is -2.22. The number of carboxylic acid groups (broad SMARTS) is 1. The zero-order valence-corrected chi connectivity index (χ0v) is 10.5. The molecule has 0 bridgehead atoms. The van der Waals surface area contributed by atoms with Gasteiger partial charge in [0.05, 0.1) is 16.6 Å². The lowest BCUT2D eigenvalue weighted by atomic mass is 10.1. The zero-order chi connectivity index (χ0) is 14.7. The van der Waals surface area contributed by atoms with Crippen LogP contribution >= 0.6 is 0 Å². The van der Waals surface area contributed by atoms with Crippen molar-refractivity contribution in [2.45, 2.75) is 31.5 Å². The molecule has 0 aliphatic heterocycles. The summed E-state index contributed by atoms with van der Waals surface area (Å²) in [6.07, 6.45) is -3.45. The Morgan fingerprint density at radius 1 is 1.40 bits per heavy atom. The zero-order valence-electron chi connectivity index (χ0n) is 10.5. The van der Waals surface area contributed by atoms with Crippen LogP contribution in [0.15, 0.2) is 18.2 Å². The minimum atomic E-state index is -4.61. The van der Waals surface area contributed by atoms with Gasteiger partial charge >= 0.3 is 12.1 Å². The van der Waals surface area contributed by atoms with Gasteiger partial charge in [-0.3, -0.25) is 0 Å². The molecule has 1 fully saturated rings. The molecule has 0 unspecified atom stereocenters. The second kappa shape index (κ2) is 3.74. The normalized spacial score (nSPS) is 17.4. The van der Waals surface area contributed by atoms with Gasteiger partial charge in [0.25, 0.3) is 0 Å². The minimum absolute atomic E-state index is 0.0484. The van der Waals surface area contributed by atoms with Crippen molar-refractivity contribution in [1.29, 1.82) is 0 Å². The number of halogens is 3. The molecule has 0 saturated heterocycles. The van der Waals surface area contributed by atoms with Crippen LogP contribution in [-0.4, -0.2) is 20.6 Å². The van der Waals surface area contributed by atoms with Crippen molar-refractivity contribution in [2.75, 3.05) is 0 Å².